The number of amides is 1. The molecule has 6 nitrogen and oxygen atoms in total. The fourth-order valence-electron chi connectivity index (χ4n) is 2.43. The maximum Gasteiger partial charge on any atom is 0.480 e. The van der Waals surface area contributed by atoms with Crippen LogP contribution in [0.1, 0.15) is 13.3 Å². The molecule has 148 valence electrons. The van der Waals surface area contributed by atoms with E-state index in [2.05, 4.69) is 65.5 Å². The number of primary amides is 1. The molecule has 10 heteroatoms. The third-order valence-corrected chi connectivity index (χ3v) is 15.1. The van der Waals surface area contributed by atoms with E-state index in [1.54, 1.807) is 0 Å². The van der Waals surface area contributed by atoms with Gasteiger partial charge in [-0.1, -0.05) is 13.5 Å². The SMILES string of the molecule is C=C(OC(N)=O)C(CC)[Si](O[Si](C)(C)C)(O[Si](C)(C)C)O[Si](C)(C)C. The van der Waals surface area contributed by atoms with Crippen LogP contribution in [0.25, 0.3) is 0 Å². The molecular weight excluding hydrogens is 387 g/mol. The zero-order valence-corrected chi connectivity index (χ0v) is 21.6. The number of carbonyl (C=O) groups excluding carboxylic acids is 1. The van der Waals surface area contributed by atoms with Crippen LogP contribution in [-0.4, -0.2) is 39.8 Å². The zero-order chi connectivity index (χ0) is 20.3. The second-order valence-electron chi connectivity index (χ2n) is 9.10. The van der Waals surface area contributed by atoms with E-state index < -0.39 is 39.8 Å². The molecule has 0 rings (SSSR count). The Bertz CT molecular complexity index is 439. The molecule has 0 radical (unpaired) electrons. The van der Waals surface area contributed by atoms with E-state index in [4.69, 9.17) is 22.8 Å². The van der Waals surface area contributed by atoms with Crippen molar-refractivity contribution in [2.75, 3.05) is 0 Å². The summed E-state index contributed by atoms with van der Waals surface area (Å²) in [6.07, 6.45) is -0.238. The average molecular weight is 424 g/mol. The fraction of sp³-hybridized carbons (Fsp3) is 0.800. The number of ether oxygens (including phenoxy) is 1. The lowest BCUT2D eigenvalue weighted by Gasteiger charge is -2.46. The van der Waals surface area contributed by atoms with Crippen molar-refractivity contribution in [1.29, 1.82) is 0 Å². The number of hydrogen-bond acceptors (Lipinski definition) is 5. The van der Waals surface area contributed by atoms with Crippen molar-refractivity contribution >= 4 is 39.8 Å². The quantitative estimate of drug-likeness (QED) is 0.400. The number of rotatable bonds is 10. The molecule has 0 spiro atoms. The fourth-order valence-corrected chi connectivity index (χ4v) is 17.0. The lowest BCUT2D eigenvalue weighted by atomic mass is 10.3. The third kappa shape index (κ3) is 9.87. The molecule has 0 aromatic heterocycles. The van der Waals surface area contributed by atoms with E-state index >= 15 is 0 Å². The van der Waals surface area contributed by atoms with Crippen molar-refractivity contribution in [1.82, 2.24) is 0 Å². The number of hydrogen-bond donors (Lipinski definition) is 1. The van der Waals surface area contributed by atoms with Crippen LogP contribution >= 0.6 is 0 Å². The Labute approximate surface area is 157 Å². The molecule has 0 aromatic carbocycles. The van der Waals surface area contributed by atoms with Gasteiger partial charge in [-0.3, -0.25) is 0 Å². The summed E-state index contributed by atoms with van der Waals surface area (Å²) < 4.78 is 25.1. The highest BCUT2D eigenvalue weighted by Gasteiger charge is 2.57. The van der Waals surface area contributed by atoms with Crippen LogP contribution < -0.4 is 5.73 Å². The molecule has 2 N–H and O–H groups in total. The van der Waals surface area contributed by atoms with Crippen molar-refractivity contribution in [2.45, 2.75) is 77.8 Å². The van der Waals surface area contributed by atoms with Crippen molar-refractivity contribution < 1.29 is 21.9 Å². The first kappa shape index (κ1) is 24.8. The van der Waals surface area contributed by atoms with Crippen LogP contribution in [0.3, 0.4) is 0 Å². The molecule has 0 aliphatic carbocycles. The molecule has 1 unspecified atom stereocenters. The van der Waals surface area contributed by atoms with E-state index in [-0.39, 0.29) is 11.3 Å². The van der Waals surface area contributed by atoms with Gasteiger partial charge in [0, 0.05) is 0 Å². The predicted molar refractivity (Wildman–Crippen MR) is 113 cm³/mol. The Morgan fingerprint density at radius 3 is 1.40 bits per heavy atom. The van der Waals surface area contributed by atoms with E-state index in [0.29, 0.717) is 6.42 Å². The first-order chi connectivity index (χ1) is 10.9. The Kier molecular flexibility index (Phi) is 8.55. The Morgan fingerprint density at radius 1 is 0.880 bits per heavy atom. The minimum absolute atomic E-state index is 0.274. The van der Waals surface area contributed by atoms with Crippen LogP contribution in [0.5, 0.6) is 0 Å². The van der Waals surface area contributed by atoms with Gasteiger partial charge < -0.3 is 22.8 Å². The molecule has 0 aliphatic rings. The first-order valence-electron chi connectivity index (χ1n) is 8.67. The molecule has 0 bridgehead atoms. The van der Waals surface area contributed by atoms with Gasteiger partial charge in [-0.2, -0.15) is 0 Å². The lowest BCUT2D eigenvalue weighted by molar-refractivity contribution is 0.174. The van der Waals surface area contributed by atoms with Crippen molar-refractivity contribution in [2.24, 2.45) is 5.73 Å². The maximum atomic E-state index is 11.3. The molecular formula is C15H37NO5Si4. The highest BCUT2D eigenvalue weighted by atomic mass is 28.5. The summed E-state index contributed by atoms with van der Waals surface area (Å²) in [4.78, 5) is 11.3. The van der Waals surface area contributed by atoms with Gasteiger partial charge in [0.15, 0.2) is 25.0 Å². The minimum atomic E-state index is -3.21. The molecule has 0 saturated carbocycles. The highest BCUT2D eigenvalue weighted by Crippen LogP contribution is 2.40. The summed E-state index contributed by atoms with van der Waals surface area (Å²) in [6, 6.07) is 0. The first-order valence-corrected chi connectivity index (χ1v) is 20.7. The molecule has 0 aliphatic heterocycles. The van der Waals surface area contributed by atoms with E-state index in [1.165, 1.54) is 0 Å². The Balaban J connectivity index is 6.25. The Morgan fingerprint density at radius 2 is 1.20 bits per heavy atom. The van der Waals surface area contributed by atoms with Gasteiger partial charge in [0.2, 0.25) is 0 Å². The second-order valence-corrected chi connectivity index (χ2v) is 26.1. The van der Waals surface area contributed by atoms with Gasteiger partial charge in [0.05, 0.1) is 5.54 Å². The number of allylic oxidation sites excluding steroid dienone is 1. The average Bonchev–Trinajstić information content (AvgIpc) is 2.19. The summed E-state index contributed by atoms with van der Waals surface area (Å²) in [5, 5.41) is 0. The molecule has 0 heterocycles. The topological polar surface area (TPSA) is 80.0 Å². The summed E-state index contributed by atoms with van der Waals surface area (Å²) in [5.41, 5.74) is 4.88. The van der Waals surface area contributed by atoms with Gasteiger partial charge in [0.25, 0.3) is 0 Å². The van der Waals surface area contributed by atoms with Crippen LogP contribution in [-0.2, 0) is 17.1 Å². The molecule has 0 fully saturated rings. The minimum Gasteiger partial charge on any atom is -0.416 e. The molecule has 1 atom stereocenters. The molecule has 0 saturated heterocycles. The maximum absolute atomic E-state index is 11.3. The second kappa shape index (κ2) is 8.63. The van der Waals surface area contributed by atoms with Crippen LogP contribution in [0.4, 0.5) is 4.79 Å². The van der Waals surface area contributed by atoms with Gasteiger partial charge in [0.1, 0.15) is 5.76 Å². The normalized spacial score (nSPS) is 15.0. The standard InChI is InChI=1S/C15H37NO5Si4/c1-12-14(13(2)18-15(16)17)25(19-22(3,4)5,20-23(6,7)8)21-24(9,10)11/h14H,2,12H2,1,3-11H3,(H2,16,17). The van der Waals surface area contributed by atoms with Crippen molar-refractivity contribution in [3.05, 3.63) is 12.3 Å². The summed E-state index contributed by atoms with van der Waals surface area (Å²) in [6.45, 7) is 24.9. The Hall–Kier alpha value is -0.242. The van der Waals surface area contributed by atoms with Crippen molar-refractivity contribution in [3.8, 4) is 0 Å². The van der Waals surface area contributed by atoms with Crippen LogP contribution in [0.15, 0.2) is 12.3 Å². The summed E-state index contributed by atoms with van der Waals surface area (Å²) >= 11 is 0. The predicted octanol–water partition coefficient (Wildman–Crippen LogP) is 4.87. The largest absolute Gasteiger partial charge is 0.480 e. The van der Waals surface area contributed by atoms with E-state index in [1.807, 2.05) is 6.92 Å². The van der Waals surface area contributed by atoms with Gasteiger partial charge >= 0.3 is 14.9 Å². The monoisotopic (exact) mass is 423 g/mol. The highest BCUT2D eigenvalue weighted by molar-refractivity contribution is 6.90. The summed E-state index contributed by atoms with van der Waals surface area (Å²) in [5.74, 6) is 0.274. The lowest BCUT2D eigenvalue weighted by Crippen LogP contribution is -2.63. The smallest absolute Gasteiger partial charge is 0.416 e. The van der Waals surface area contributed by atoms with Gasteiger partial charge in [-0.05, 0) is 65.3 Å². The van der Waals surface area contributed by atoms with Gasteiger partial charge in [-0.25, -0.2) is 4.79 Å². The zero-order valence-electron chi connectivity index (χ0n) is 17.6. The molecule has 25 heavy (non-hydrogen) atoms. The van der Waals surface area contributed by atoms with Gasteiger partial charge in [-0.15, -0.1) is 0 Å². The molecule has 0 aromatic rings. The number of carbonyl (C=O) groups is 1. The van der Waals surface area contributed by atoms with E-state index in [0.717, 1.165) is 0 Å². The van der Waals surface area contributed by atoms with E-state index in [9.17, 15) is 4.79 Å². The van der Waals surface area contributed by atoms with Crippen LogP contribution in [0.2, 0.25) is 64.5 Å². The summed E-state index contributed by atoms with van der Waals surface area (Å²) in [7, 11) is -9.25. The molecule has 1 amide bonds. The third-order valence-electron chi connectivity index (χ3n) is 2.80. The number of nitrogens with two attached hydrogens (primary N) is 1. The van der Waals surface area contributed by atoms with Crippen molar-refractivity contribution in [3.63, 3.8) is 0 Å². The van der Waals surface area contributed by atoms with Crippen LogP contribution in [0, 0.1) is 0 Å².